The SMILES string of the molecule is COc1cc(NC(=O)CCCc2ccc(-c3ccccc3)c(NC(=O)OC3C[C@@H]4[C@H]5O[C@H]5[C@H](C3)[N+]4(C)C)c2)c(Cl)cc1CO.[I-]. The Bertz CT molecular complexity index is 1530. The van der Waals surface area contributed by atoms with Gasteiger partial charge in [0.05, 0.1) is 44.2 Å². The van der Waals surface area contributed by atoms with Gasteiger partial charge < -0.3 is 53.1 Å². The fraction of sp³-hybridized carbons (Fsp3) is 0.412. The molecular formula is C34H39ClIN3O6. The normalized spacial score (nSPS) is 23.7. The van der Waals surface area contributed by atoms with E-state index in [-0.39, 0.29) is 49.0 Å². The molecule has 3 heterocycles. The molecule has 3 aliphatic heterocycles. The molecule has 45 heavy (non-hydrogen) atoms. The third kappa shape index (κ3) is 7.10. The molecule has 0 aliphatic carbocycles. The average molecular weight is 748 g/mol. The molecule has 3 aromatic carbocycles. The van der Waals surface area contributed by atoms with Gasteiger partial charge in [0.15, 0.2) is 0 Å². The molecular weight excluding hydrogens is 709 g/mol. The third-order valence-electron chi connectivity index (χ3n) is 9.40. The molecule has 9 nitrogen and oxygen atoms in total. The van der Waals surface area contributed by atoms with Gasteiger partial charge in [-0.15, -0.1) is 0 Å². The van der Waals surface area contributed by atoms with E-state index in [1.165, 1.54) is 7.11 Å². The topological polar surface area (TPSA) is 109 Å². The highest BCUT2D eigenvalue weighted by molar-refractivity contribution is 6.33. The second-order valence-corrected chi connectivity index (χ2v) is 12.8. The monoisotopic (exact) mass is 747 g/mol. The number of morpholine rings is 1. The standard InChI is InChI=1S/C34H38ClN3O6.HI/c1-38(2)28-16-23(17-29(38)33-32(28)44-33)43-34(41)37-26-14-20(12-13-24(26)21-9-5-4-6-10-21)8-7-11-31(40)36-27-18-30(42-3)22(19-39)15-25(27)35;/h4-6,9-10,12-15,18,23,28-29,32-33,39H,7-8,11,16-17,19H2,1-3H3,(H-,36,37,40,41);1H/t23?,28-,29+,32-,33+;. The maximum Gasteiger partial charge on any atom is 0.411 e. The van der Waals surface area contributed by atoms with Crippen LogP contribution >= 0.6 is 11.6 Å². The summed E-state index contributed by atoms with van der Waals surface area (Å²) in [6.07, 6.45) is 3.10. The van der Waals surface area contributed by atoms with Gasteiger partial charge in [-0.1, -0.05) is 54.1 Å². The molecule has 0 spiro atoms. The van der Waals surface area contributed by atoms with Crippen molar-refractivity contribution in [1.82, 2.24) is 0 Å². The number of ether oxygens (including phenoxy) is 3. The molecule has 0 saturated carbocycles. The van der Waals surface area contributed by atoms with Gasteiger partial charge in [0.25, 0.3) is 0 Å². The molecule has 3 fully saturated rings. The number of hydrogen-bond donors (Lipinski definition) is 3. The van der Waals surface area contributed by atoms with Crippen LogP contribution in [0.3, 0.4) is 0 Å². The largest absolute Gasteiger partial charge is 1.00 e. The summed E-state index contributed by atoms with van der Waals surface area (Å²) in [7, 11) is 6.00. The highest BCUT2D eigenvalue weighted by Gasteiger charge is 2.70. The van der Waals surface area contributed by atoms with Gasteiger partial charge in [-0.2, -0.15) is 0 Å². The Hall–Kier alpha value is -2.90. The Kier molecular flexibility index (Phi) is 10.3. The second-order valence-electron chi connectivity index (χ2n) is 12.4. The molecule has 6 rings (SSSR count). The van der Waals surface area contributed by atoms with Crippen molar-refractivity contribution in [2.45, 2.75) is 69.1 Å². The van der Waals surface area contributed by atoms with E-state index >= 15 is 0 Å². The van der Waals surface area contributed by atoms with E-state index < -0.39 is 6.09 Å². The number of quaternary nitrogens is 1. The van der Waals surface area contributed by atoms with Crippen LogP contribution in [-0.2, 0) is 27.3 Å². The Labute approximate surface area is 285 Å². The van der Waals surface area contributed by atoms with Gasteiger partial charge >= 0.3 is 6.09 Å². The van der Waals surface area contributed by atoms with E-state index in [0.29, 0.717) is 64.8 Å². The van der Waals surface area contributed by atoms with E-state index in [4.69, 9.17) is 25.8 Å². The summed E-state index contributed by atoms with van der Waals surface area (Å²) >= 11 is 6.30. The lowest BCUT2D eigenvalue weighted by atomic mass is 9.96. The van der Waals surface area contributed by atoms with Crippen molar-refractivity contribution in [1.29, 1.82) is 0 Å². The molecule has 1 unspecified atom stereocenters. The van der Waals surface area contributed by atoms with Gasteiger partial charge in [0, 0.05) is 36.5 Å². The molecule has 3 aliphatic rings. The number of aliphatic hydroxyl groups excluding tert-OH is 1. The van der Waals surface area contributed by atoms with Crippen LogP contribution in [0.25, 0.3) is 11.1 Å². The van der Waals surface area contributed by atoms with Gasteiger partial charge in [0.2, 0.25) is 5.91 Å². The smallest absolute Gasteiger partial charge is 0.411 e. The minimum Gasteiger partial charge on any atom is -1.00 e. The van der Waals surface area contributed by atoms with Crippen LogP contribution in [0.2, 0.25) is 5.02 Å². The zero-order chi connectivity index (χ0) is 31.0. The number of anilines is 2. The molecule has 3 N–H and O–H groups in total. The maximum atomic E-state index is 13.2. The van der Waals surface area contributed by atoms with Crippen LogP contribution in [-0.4, -0.2) is 73.2 Å². The summed E-state index contributed by atoms with van der Waals surface area (Å²) in [4.78, 5) is 25.9. The molecule has 11 heteroatoms. The highest BCUT2D eigenvalue weighted by atomic mass is 127. The van der Waals surface area contributed by atoms with Gasteiger partial charge in [-0.05, 0) is 36.1 Å². The second kappa shape index (κ2) is 13.8. The number of nitrogens with zero attached hydrogens (tertiary/aromatic N) is 1. The van der Waals surface area contributed by atoms with E-state index in [1.807, 2.05) is 48.5 Å². The van der Waals surface area contributed by atoms with Crippen LogP contribution in [0.4, 0.5) is 16.2 Å². The zero-order valence-electron chi connectivity index (χ0n) is 25.6. The van der Waals surface area contributed by atoms with Crippen molar-refractivity contribution in [2.24, 2.45) is 0 Å². The number of aliphatic hydroxyl groups is 1. The summed E-state index contributed by atoms with van der Waals surface area (Å²) in [6, 6.07) is 19.8. The first-order valence-electron chi connectivity index (χ1n) is 15.1. The summed E-state index contributed by atoms with van der Waals surface area (Å²) in [6.45, 7) is -0.218. The lowest BCUT2D eigenvalue weighted by molar-refractivity contribution is -0.938. The molecule has 2 amide bonds. The van der Waals surface area contributed by atoms with Crippen molar-refractivity contribution in [2.75, 3.05) is 31.8 Å². The minimum absolute atomic E-state index is 0. The number of nitrogens with one attached hydrogen (secondary N) is 2. The Morgan fingerprint density at radius 1 is 1.00 bits per heavy atom. The molecule has 240 valence electrons. The van der Waals surface area contributed by atoms with E-state index in [9.17, 15) is 14.7 Å². The lowest BCUT2D eigenvalue weighted by Gasteiger charge is -2.45. The Balaban J connectivity index is 0.00000400. The zero-order valence-corrected chi connectivity index (χ0v) is 28.5. The van der Waals surface area contributed by atoms with E-state index in [1.54, 1.807) is 12.1 Å². The first-order valence-corrected chi connectivity index (χ1v) is 15.5. The summed E-state index contributed by atoms with van der Waals surface area (Å²) in [5.74, 6) is 0.272. The van der Waals surface area contributed by atoms with Crippen molar-refractivity contribution in [3.8, 4) is 16.9 Å². The van der Waals surface area contributed by atoms with E-state index in [2.05, 4.69) is 24.7 Å². The van der Waals surface area contributed by atoms with Crippen molar-refractivity contribution < 1.29 is 57.4 Å². The van der Waals surface area contributed by atoms with Crippen LogP contribution in [0.15, 0.2) is 60.7 Å². The molecule has 2 bridgehead atoms. The van der Waals surface area contributed by atoms with Crippen molar-refractivity contribution >= 4 is 35.0 Å². The minimum atomic E-state index is -0.454. The number of carbonyl (C=O) groups excluding carboxylic acids is 2. The molecule has 0 aromatic heterocycles. The number of rotatable bonds is 10. The van der Waals surface area contributed by atoms with Gasteiger partial charge in [0.1, 0.15) is 36.1 Å². The number of hydrogen-bond acceptors (Lipinski definition) is 6. The van der Waals surface area contributed by atoms with Crippen LogP contribution in [0.5, 0.6) is 5.75 Å². The van der Waals surface area contributed by atoms with Crippen LogP contribution in [0.1, 0.15) is 36.8 Å². The molecule has 0 radical (unpaired) electrons. The van der Waals surface area contributed by atoms with Crippen LogP contribution < -0.4 is 39.3 Å². The number of aryl methyl sites for hydroxylation is 1. The number of piperidine rings is 1. The fourth-order valence-electron chi connectivity index (χ4n) is 6.98. The summed E-state index contributed by atoms with van der Waals surface area (Å²) < 4.78 is 18.1. The molecule has 5 atom stereocenters. The number of methoxy groups -OCH3 is 1. The quantitative estimate of drug-likeness (QED) is 0.167. The first kappa shape index (κ1) is 33.5. The number of likely N-dealkylation sites (N-methyl/N-ethyl adjacent to an activating group) is 1. The average Bonchev–Trinajstić information content (AvgIpc) is 3.77. The predicted molar refractivity (Wildman–Crippen MR) is 169 cm³/mol. The number of fused-ring (bicyclic) bond motifs is 5. The number of halogens is 2. The molecule has 3 aromatic rings. The fourth-order valence-corrected chi connectivity index (χ4v) is 7.22. The predicted octanol–water partition coefficient (Wildman–Crippen LogP) is 2.78. The van der Waals surface area contributed by atoms with Crippen molar-refractivity contribution in [3.63, 3.8) is 0 Å². The number of carbonyl (C=O) groups is 2. The van der Waals surface area contributed by atoms with Crippen LogP contribution in [0, 0.1) is 0 Å². The Morgan fingerprint density at radius 3 is 2.38 bits per heavy atom. The van der Waals surface area contributed by atoms with Crippen molar-refractivity contribution in [3.05, 3.63) is 76.8 Å². The Morgan fingerprint density at radius 2 is 1.71 bits per heavy atom. The lowest BCUT2D eigenvalue weighted by Crippen LogP contribution is -3.00. The van der Waals surface area contributed by atoms with Gasteiger partial charge in [-0.3, -0.25) is 10.1 Å². The van der Waals surface area contributed by atoms with E-state index in [0.717, 1.165) is 34.0 Å². The maximum absolute atomic E-state index is 13.2. The summed E-state index contributed by atoms with van der Waals surface area (Å²) in [5, 5.41) is 15.7. The van der Waals surface area contributed by atoms with Gasteiger partial charge in [-0.25, -0.2) is 4.79 Å². The first-order chi connectivity index (χ1) is 21.2. The molecule has 3 saturated heterocycles. The summed E-state index contributed by atoms with van der Waals surface area (Å²) in [5.41, 5.74) is 4.53. The third-order valence-corrected chi connectivity index (χ3v) is 9.71. The number of benzene rings is 3. The number of amides is 2. The number of epoxide rings is 1. The highest BCUT2D eigenvalue weighted by Crippen LogP contribution is 2.51.